The molecule has 0 radical (unpaired) electrons. The van der Waals surface area contributed by atoms with Crippen LogP contribution in [0.5, 0.6) is 0 Å². The van der Waals surface area contributed by atoms with E-state index in [-0.39, 0.29) is 5.82 Å². The number of nitrogens with one attached hydrogen (secondary N) is 1. The first kappa shape index (κ1) is 13.6. The summed E-state index contributed by atoms with van der Waals surface area (Å²) in [6, 6.07) is 15.0. The molecule has 2 aromatic rings. The van der Waals surface area contributed by atoms with E-state index < -0.39 is 0 Å². The van der Waals surface area contributed by atoms with Crippen molar-refractivity contribution in [2.45, 2.75) is 13.5 Å². The second-order valence-corrected chi connectivity index (χ2v) is 4.46. The van der Waals surface area contributed by atoms with E-state index in [1.165, 1.54) is 11.6 Å². The van der Waals surface area contributed by atoms with Crippen LogP contribution in [0.25, 0.3) is 0 Å². The van der Waals surface area contributed by atoms with Crippen molar-refractivity contribution in [1.29, 1.82) is 0 Å². The van der Waals surface area contributed by atoms with Crippen LogP contribution in [0, 0.1) is 5.82 Å². The normalized spacial score (nSPS) is 10.5. The average molecular weight is 258 g/mol. The van der Waals surface area contributed by atoms with Crippen molar-refractivity contribution < 1.29 is 4.39 Å². The van der Waals surface area contributed by atoms with Gasteiger partial charge in [0.05, 0.1) is 5.69 Å². The third-order valence-corrected chi connectivity index (χ3v) is 3.12. The van der Waals surface area contributed by atoms with Crippen LogP contribution in [0.15, 0.2) is 48.5 Å². The standard InChI is InChI=1S/C16H19FN2/c1-3-18-12-13-8-10-14(11-9-13)19(2)16-7-5-4-6-15(16)17/h4-11,18H,3,12H2,1-2H3. The molecule has 0 unspecified atom stereocenters. The second-order valence-electron chi connectivity index (χ2n) is 4.46. The second kappa shape index (κ2) is 6.34. The SMILES string of the molecule is CCNCc1ccc(N(C)c2ccccc2F)cc1. The van der Waals surface area contributed by atoms with E-state index >= 15 is 0 Å². The molecule has 0 spiro atoms. The minimum atomic E-state index is -0.207. The van der Waals surface area contributed by atoms with Gasteiger partial charge in [-0.25, -0.2) is 4.39 Å². The first-order chi connectivity index (χ1) is 9.22. The van der Waals surface area contributed by atoms with Crippen molar-refractivity contribution in [3.8, 4) is 0 Å². The topological polar surface area (TPSA) is 15.3 Å². The molecule has 0 aliphatic rings. The minimum absolute atomic E-state index is 0.207. The van der Waals surface area contributed by atoms with Gasteiger partial charge >= 0.3 is 0 Å². The van der Waals surface area contributed by atoms with Crippen molar-refractivity contribution >= 4 is 11.4 Å². The van der Waals surface area contributed by atoms with Crippen LogP contribution < -0.4 is 10.2 Å². The van der Waals surface area contributed by atoms with Crippen LogP contribution in [0.2, 0.25) is 0 Å². The van der Waals surface area contributed by atoms with E-state index in [9.17, 15) is 4.39 Å². The predicted octanol–water partition coefficient (Wildman–Crippen LogP) is 3.70. The molecule has 1 N–H and O–H groups in total. The van der Waals surface area contributed by atoms with Gasteiger partial charge in [0.25, 0.3) is 0 Å². The largest absolute Gasteiger partial charge is 0.342 e. The summed E-state index contributed by atoms with van der Waals surface area (Å²) in [5, 5.41) is 3.28. The summed E-state index contributed by atoms with van der Waals surface area (Å²) in [4.78, 5) is 1.85. The highest BCUT2D eigenvalue weighted by Gasteiger charge is 2.08. The van der Waals surface area contributed by atoms with Crippen LogP contribution in [0.4, 0.5) is 15.8 Å². The van der Waals surface area contributed by atoms with Gasteiger partial charge in [-0.1, -0.05) is 31.2 Å². The Morgan fingerprint density at radius 3 is 2.37 bits per heavy atom. The lowest BCUT2D eigenvalue weighted by Crippen LogP contribution is -2.13. The molecule has 0 aromatic heterocycles. The zero-order valence-electron chi connectivity index (χ0n) is 11.4. The summed E-state index contributed by atoms with van der Waals surface area (Å²) in [6.07, 6.45) is 0. The summed E-state index contributed by atoms with van der Waals surface area (Å²) in [5.41, 5.74) is 2.79. The van der Waals surface area contributed by atoms with Gasteiger partial charge in [-0.3, -0.25) is 0 Å². The van der Waals surface area contributed by atoms with E-state index in [0.717, 1.165) is 18.8 Å². The third kappa shape index (κ3) is 3.32. The Morgan fingerprint density at radius 1 is 1.05 bits per heavy atom. The van der Waals surface area contributed by atoms with Gasteiger partial charge in [0.2, 0.25) is 0 Å². The number of rotatable bonds is 5. The summed E-state index contributed by atoms with van der Waals surface area (Å²) in [7, 11) is 1.87. The van der Waals surface area contributed by atoms with Gasteiger partial charge in [-0.15, -0.1) is 0 Å². The predicted molar refractivity (Wildman–Crippen MR) is 78.3 cm³/mol. The Labute approximate surface area is 113 Å². The molecule has 0 aliphatic heterocycles. The molecule has 0 saturated carbocycles. The van der Waals surface area contributed by atoms with E-state index in [1.807, 2.05) is 30.1 Å². The maximum absolute atomic E-state index is 13.7. The summed E-state index contributed by atoms with van der Waals surface area (Å²) < 4.78 is 13.7. The van der Waals surface area contributed by atoms with Crippen LogP contribution in [-0.4, -0.2) is 13.6 Å². The highest BCUT2D eigenvalue weighted by atomic mass is 19.1. The lowest BCUT2D eigenvalue weighted by Gasteiger charge is -2.20. The fourth-order valence-corrected chi connectivity index (χ4v) is 1.97. The lowest BCUT2D eigenvalue weighted by atomic mass is 10.2. The number of hydrogen-bond donors (Lipinski definition) is 1. The highest BCUT2D eigenvalue weighted by Crippen LogP contribution is 2.25. The molecular weight excluding hydrogens is 239 g/mol. The molecule has 3 heteroatoms. The molecule has 0 heterocycles. The number of halogens is 1. The molecule has 2 rings (SSSR count). The van der Waals surface area contributed by atoms with Crippen molar-refractivity contribution in [3.05, 3.63) is 59.9 Å². The fraction of sp³-hybridized carbons (Fsp3) is 0.250. The van der Waals surface area contributed by atoms with Crippen LogP contribution >= 0.6 is 0 Å². The van der Waals surface area contributed by atoms with Gasteiger partial charge in [-0.2, -0.15) is 0 Å². The fourth-order valence-electron chi connectivity index (χ4n) is 1.97. The van der Waals surface area contributed by atoms with Crippen molar-refractivity contribution in [2.75, 3.05) is 18.5 Å². The molecule has 2 nitrogen and oxygen atoms in total. The quantitative estimate of drug-likeness (QED) is 0.879. The van der Waals surface area contributed by atoms with Crippen molar-refractivity contribution in [1.82, 2.24) is 5.32 Å². The molecule has 0 saturated heterocycles. The number of anilines is 2. The monoisotopic (exact) mass is 258 g/mol. The average Bonchev–Trinajstić information content (AvgIpc) is 2.45. The first-order valence-corrected chi connectivity index (χ1v) is 6.50. The molecule has 100 valence electrons. The number of benzene rings is 2. The molecule has 0 aliphatic carbocycles. The molecule has 2 aromatic carbocycles. The Kier molecular flexibility index (Phi) is 4.53. The Bertz CT molecular complexity index is 523. The Balaban J connectivity index is 2.16. The van der Waals surface area contributed by atoms with Gasteiger partial charge in [0.1, 0.15) is 5.82 Å². The summed E-state index contributed by atoms with van der Waals surface area (Å²) >= 11 is 0. The smallest absolute Gasteiger partial charge is 0.146 e. The van der Waals surface area contributed by atoms with Crippen molar-refractivity contribution in [2.24, 2.45) is 0 Å². The molecular formula is C16H19FN2. The molecule has 0 fully saturated rings. The van der Waals surface area contributed by atoms with E-state index in [1.54, 1.807) is 12.1 Å². The van der Waals surface area contributed by atoms with Gasteiger partial charge in [0, 0.05) is 19.3 Å². The van der Waals surface area contributed by atoms with Gasteiger partial charge < -0.3 is 10.2 Å². The molecule has 0 atom stereocenters. The zero-order valence-corrected chi connectivity index (χ0v) is 11.4. The van der Waals surface area contributed by atoms with Crippen LogP contribution in [0.3, 0.4) is 0 Å². The number of para-hydroxylation sites is 1. The maximum Gasteiger partial charge on any atom is 0.146 e. The lowest BCUT2D eigenvalue weighted by molar-refractivity contribution is 0.627. The maximum atomic E-state index is 13.7. The molecule has 19 heavy (non-hydrogen) atoms. The Hall–Kier alpha value is -1.87. The number of nitrogens with zero attached hydrogens (tertiary/aromatic N) is 1. The summed E-state index contributed by atoms with van der Waals surface area (Å²) in [6.45, 7) is 3.90. The van der Waals surface area contributed by atoms with Crippen molar-refractivity contribution in [3.63, 3.8) is 0 Å². The van der Waals surface area contributed by atoms with E-state index in [2.05, 4.69) is 24.4 Å². The van der Waals surface area contributed by atoms with E-state index in [4.69, 9.17) is 0 Å². The number of hydrogen-bond acceptors (Lipinski definition) is 2. The van der Waals surface area contributed by atoms with E-state index in [0.29, 0.717) is 5.69 Å². The third-order valence-electron chi connectivity index (χ3n) is 3.12. The first-order valence-electron chi connectivity index (χ1n) is 6.50. The molecule has 0 amide bonds. The van der Waals surface area contributed by atoms with Gasteiger partial charge in [0.15, 0.2) is 0 Å². The summed E-state index contributed by atoms with van der Waals surface area (Å²) in [5.74, 6) is -0.207. The van der Waals surface area contributed by atoms with Crippen LogP contribution in [0.1, 0.15) is 12.5 Å². The highest BCUT2D eigenvalue weighted by molar-refractivity contribution is 5.63. The van der Waals surface area contributed by atoms with Gasteiger partial charge in [-0.05, 0) is 36.4 Å². The molecule has 0 bridgehead atoms. The van der Waals surface area contributed by atoms with Crippen LogP contribution in [-0.2, 0) is 6.54 Å². The minimum Gasteiger partial charge on any atom is -0.342 e. The zero-order chi connectivity index (χ0) is 13.7. The Morgan fingerprint density at radius 2 is 1.74 bits per heavy atom.